The lowest BCUT2D eigenvalue weighted by atomic mass is 9.85. The molecule has 1 unspecified atom stereocenters. The van der Waals surface area contributed by atoms with E-state index in [9.17, 15) is 10.2 Å². The van der Waals surface area contributed by atoms with Crippen LogP contribution >= 0.6 is 0 Å². The van der Waals surface area contributed by atoms with E-state index in [4.69, 9.17) is 0 Å². The number of fused-ring (bicyclic) bond motifs is 1. The molecule has 1 aliphatic carbocycles. The van der Waals surface area contributed by atoms with E-state index in [2.05, 4.69) is 0 Å². The number of rotatable bonds is 0. The number of aliphatic hydroxyl groups is 2. The zero-order chi connectivity index (χ0) is 9.64. The van der Waals surface area contributed by atoms with Crippen molar-refractivity contribution >= 4 is 0 Å². The Bertz CT molecular complexity index is 300. The van der Waals surface area contributed by atoms with Gasteiger partial charge in [0.1, 0.15) is 0 Å². The summed E-state index contributed by atoms with van der Waals surface area (Å²) >= 11 is 0. The van der Waals surface area contributed by atoms with Crippen LogP contribution in [0.15, 0.2) is 24.3 Å². The van der Waals surface area contributed by atoms with E-state index in [1.165, 1.54) is 0 Å². The maximum atomic E-state index is 9.92. The minimum atomic E-state index is -0.557. The first-order valence-electron chi connectivity index (χ1n) is 4.50. The summed E-state index contributed by atoms with van der Waals surface area (Å²) in [5.41, 5.74) is 1.25. The molecule has 0 spiro atoms. The minimum absolute atomic E-state index is 0.469. The van der Waals surface area contributed by atoms with Crippen LogP contribution in [0, 0.1) is 5.41 Å². The van der Waals surface area contributed by atoms with Gasteiger partial charge in [0.05, 0.1) is 12.2 Å². The predicted octanol–water partition coefficient (Wildman–Crippen LogP) is 1.79. The Hall–Kier alpha value is -0.860. The fourth-order valence-corrected chi connectivity index (χ4v) is 1.96. The van der Waals surface area contributed by atoms with Crippen molar-refractivity contribution in [3.05, 3.63) is 35.4 Å². The van der Waals surface area contributed by atoms with Crippen LogP contribution in [0.5, 0.6) is 0 Å². The number of hydrogen-bond acceptors (Lipinski definition) is 2. The highest BCUT2D eigenvalue weighted by Gasteiger charge is 2.45. The number of aliphatic hydroxyl groups excluding tert-OH is 2. The summed E-state index contributed by atoms with van der Waals surface area (Å²) in [5.74, 6) is 0. The third-order valence-corrected chi connectivity index (χ3v) is 2.99. The van der Waals surface area contributed by atoms with Gasteiger partial charge >= 0.3 is 0 Å². The van der Waals surface area contributed by atoms with Gasteiger partial charge in [0.2, 0.25) is 0 Å². The van der Waals surface area contributed by atoms with Crippen LogP contribution in [0.2, 0.25) is 0 Å². The molecule has 1 aromatic carbocycles. The normalized spacial score (nSPS) is 30.2. The zero-order valence-electron chi connectivity index (χ0n) is 7.86. The van der Waals surface area contributed by atoms with Crippen LogP contribution in [-0.4, -0.2) is 10.2 Å². The Morgan fingerprint density at radius 1 is 1.00 bits per heavy atom. The summed E-state index contributed by atoms with van der Waals surface area (Å²) in [6.45, 7) is 3.75. The Kier molecular flexibility index (Phi) is 1.72. The van der Waals surface area contributed by atoms with Crippen LogP contribution in [0.4, 0.5) is 0 Å². The summed E-state index contributed by atoms with van der Waals surface area (Å²) in [5, 5.41) is 19.8. The third-order valence-electron chi connectivity index (χ3n) is 2.99. The van der Waals surface area contributed by atoms with Gasteiger partial charge in [-0.25, -0.2) is 0 Å². The fraction of sp³-hybridized carbons (Fsp3) is 0.455. The lowest BCUT2D eigenvalue weighted by molar-refractivity contribution is -0.0276. The highest BCUT2D eigenvalue weighted by molar-refractivity contribution is 5.38. The van der Waals surface area contributed by atoms with Crippen molar-refractivity contribution in [3.63, 3.8) is 0 Å². The molecule has 2 N–H and O–H groups in total. The fourth-order valence-electron chi connectivity index (χ4n) is 1.96. The lowest BCUT2D eigenvalue weighted by Crippen LogP contribution is -2.21. The van der Waals surface area contributed by atoms with Crippen LogP contribution < -0.4 is 0 Å². The molecule has 0 saturated carbocycles. The lowest BCUT2D eigenvalue weighted by Gasteiger charge is -2.26. The van der Waals surface area contributed by atoms with Gasteiger partial charge in [-0.3, -0.25) is 0 Å². The molecule has 2 heteroatoms. The van der Waals surface area contributed by atoms with E-state index in [1.54, 1.807) is 0 Å². The standard InChI is InChI=1S/C11H14O2/c1-11(2)9(12)7-5-3-4-6-8(7)10(11)13/h3-6,9-10,12-13H,1-2H3/t9-,10?/m0/s1. The van der Waals surface area contributed by atoms with Crippen LogP contribution in [-0.2, 0) is 0 Å². The Balaban J connectivity index is 2.57. The molecule has 0 aliphatic heterocycles. The van der Waals surface area contributed by atoms with Gasteiger partial charge in [-0.1, -0.05) is 38.1 Å². The number of benzene rings is 1. The Morgan fingerprint density at radius 3 is 1.77 bits per heavy atom. The van der Waals surface area contributed by atoms with Crippen molar-refractivity contribution in [2.75, 3.05) is 0 Å². The van der Waals surface area contributed by atoms with Crippen molar-refractivity contribution in [3.8, 4) is 0 Å². The molecular weight excluding hydrogens is 164 g/mol. The molecule has 0 amide bonds. The van der Waals surface area contributed by atoms with E-state index in [-0.39, 0.29) is 0 Å². The van der Waals surface area contributed by atoms with Crippen LogP contribution in [0.25, 0.3) is 0 Å². The van der Waals surface area contributed by atoms with E-state index in [1.807, 2.05) is 38.1 Å². The highest BCUT2D eigenvalue weighted by Crippen LogP contribution is 2.51. The van der Waals surface area contributed by atoms with Crippen LogP contribution in [0.1, 0.15) is 37.2 Å². The highest BCUT2D eigenvalue weighted by atomic mass is 16.3. The van der Waals surface area contributed by atoms with Gasteiger partial charge in [-0.05, 0) is 11.1 Å². The van der Waals surface area contributed by atoms with Gasteiger partial charge in [-0.2, -0.15) is 0 Å². The molecule has 1 aromatic rings. The molecule has 0 aromatic heterocycles. The quantitative estimate of drug-likeness (QED) is 0.636. The maximum Gasteiger partial charge on any atom is 0.0872 e. The summed E-state index contributed by atoms with van der Waals surface area (Å²) < 4.78 is 0. The molecule has 0 radical (unpaired) electrons. The maximum absolute atomic E-state index is 9.92. The van der Waals surface area contributed by atoms with Crippen molar-refractivity contribution in [2.24, 2.45) is 5.41 Å². The first kappa shape index (κ1) is 8.73. The van der Waals surface area contributed by atoms with E-state index in [0.717, 1.165) is 11.1 Å². The monoisotopic (exact) mass is 178 g/mol. The van der Waals surface area contributed by atoms with Crippen molar-refractivity contribution < 1.29 is 10.2 Å². The van der Waals surface area contributed by atoms with Crippen molar-refractivity contribution in [2.45, 2.75) is 26.1 Å². The molecular formula is C11H14O2. The average Bonchev–Trinajstić information content (AvgIpc) is 2.30. The summed E-state index contributed by atoms with van der Waals surface area (Å²) in [4.78, 5) is 0. The Labute approximate surface area is 77.8 Å². The van der Waals surface area contributed by atoms with E-state index < -0.39 is 17.6 Å². The third kappa shape index (κ3) is 1.02. The second-order valence-electron chi connectivity index (χ2n) is 4.26. The molecule has 2 nitrogen and oxygen atoms in total. The average molecular weight is 178 g/mol. The molecule has 70 valence electrons. The van der Waals surface area contributed by atoms with Gasteiger partial charge in [-0.15, -0.1) is 0 Å². The molecule has 0 saturated heterocycles. The van der Waals surface area contributed by atoms with E-state index in [0.29, 0.717) is 0 Å². The Morgan fingerprint density at radius 2 is 1.38 bits per heavy atom. The summed E-state index contributed by atoms with van der Waals surface area (Å²) in [6, 6.07) is 7.52. The van der Waals surface area contributed by atoms with E-state index >= 15 is 0 Å². The molecule has 2 rings (SSSR count). The smallest absolute Gasteiger partial charge is 0.0872 e. The van der Waals surface area contributed by atoms with Crippen molar-refractivity contribution in [1.82, 2.24) is 0 Å². The van der Waals surface area contributed by atoms with Gasteiger partial charge in [0.25, 0.3) is 0 Å². The molecule has 13 heavy (non-hydrogen) atoms. The minimum Gasteiger partial charge on any atom is -0.388 e. The molecule has 1 aliphatic rings. The summed E-state index contributed by atoms with van der Waals surface area (Å²) in [7, 11) is 0. The molecule has 0 bridgehead atoms. The molecule has 0 heterocycles. The first-order valence-corrected chi connectivity index (χ1v) is 4.50. The van der Waals surface area contributed by atoms with Gasteiger partial charge < -0.3 is 10.2 Å². The zero-order valence-corrected chi connectivity index (χ0v) is 7.86. The second kappa shape index (κ2) is 2.56. The van der Waals surface area contributed by atoms with Gasteiger partial charge in [0.15, 0.2) is 0 Å². The molecule has 2 atom stereocenters. The molecule has 0 fully saturated rings. The number of hydrogen-bond donors (Lipinski definition) is 2. The van der Waals surface area contributed by atoms with Crippen molar-refractivity contribution in [1.29, 1.82) is 0 Å². The SMILES string of the molecule is CC1(C)C(O)c2ccccc2[C@@H]1O. The van der Waals surface area contributed by atoms with Gasteiger partial charge in [0, 0.05) is 5.41 Å². The topological polar surface area (TPSA) is 40.5 Å². The second-order valence-corrected chi connectivity index (χ2v) is 4.26. The predicted molar refractivity (Wildman–Crippen MR) is 50.1 cm³/mol. The van der Waals surface area contributed by atoms with Crippen LogP contribution in [0.3, 0.4) is 0 Å². The largest absolute Gasteiger partial charge is 0.388 e. The first-order chi connectivity index (χ1) is 6.05. The summed E-state index contributed by atoms with van der Waals surface area (Å²) in [6.07, 6.45) is -1.11.